The fourth-order valence-electron chi connectivity index (χ4n) is 2.12. The minimum Gasteiger partial charge on any atom is -0.466 e. The summed E-state index contributed by atoms with van der Waals surface area (Å²) >= 11 is 0. The van der Waals surface area contributed by atoms with Gasteiger partial charge in [-0.05, 0) is 32.9 Å². The summed E-state index contributed by atoms with van der Waals surface area (Å²) in [6.07, 6.45) is 0. The largest absolute Gasteiger partial charge is 0.466 e. The van der Waals surface area contributed by atoms with Crippen LogP contribution in [0.1, 0.15) is 35.6 Å². The second-order valence-corrected chi connectivity index (χ2v) is 4.71. The lowest BCUT2D eigenvalue weighted by atomic mass is 10.1. The van der Waals surface area contributed by atoms with Crippen molar-refractivity contribution < 1.29 is 13.2 Å². The molecular formula is C15H17F2NO. The predicted molar refractivity (Wildman–Crippen MR) is 69.8 cm³/mol. The molecule has 0 aliphatic rings. The van der Waals surface area contributed by atoms with Crippen molar-refractivity contribution in [2.24, 2.45) is 0 Å². The Labute approximate surface area is 111 Å². The summed E-state index contributed by atoms with van der Waals surface area (Å²) in [4.78, 5) is 0. The van der Waals surface area contributed by atoms with Gasteiger partial charge in [-0.2, -0.15) is 0 Å². The number of halogens is 2. The smallest absolute Gasteiger partial charge is 0.130 e. The first-order valence-corrected chi connectivity index (χ1v) is 6.21. The SMILES string of the molecule is Cc1cc(C(C)NCc2ccc(F)cc2F)c(C)o1. The predicted octanol–water partition coefficient (Wildman–Crippen LogP) is 4.03. The maximum Gasteiger partial charge on any atom is 0.130 e. The zero-order valence-electron chi connectivity index (χ0n) is 11.3. The van der Waals surface area contributed by atoms with E-state index in [4.69, 9.17) is 4.42 Å². The number of nitrogens with one attached hydrogen (secondary N) is 1. The number of benzene rings is 1. The first kappa shape index (κ1) is 13.7. The second kappa shape index (κ2) is 5.53. The molecule has 0 spiro atoms. The summed E-state index contributed by atoms with van der Waals surface area (Å²) in [5.74, 6) is 0.626. The van der Waals surface area contributed by atoms with Crippen molar-refractivity contribution in [2.75, 3.05) is 0 Å². The van der Waals surface area contributed by atoms with Crippen LogP contribution >= 0.6 is 0 Å². The number of hydrogen-bond donors (Lipinski definition) is 1. The minimum absolute atomic E-state index is 0.0434. The van der Waals surface area contributed by atoms with Gasteiger partial charge in [0.05, 0.1) is 0 Å². The molecule has 1 heterocycles. The zero-order valence-corrected chi connectivity index (χ0v) is 11.3. The molecular weight excluding hydrogens is 248 g/mol. The summed E-state index contributed by atoms with van der Waals surface area (Å²) in [7, 11) is 0. The highest BCUT2D eigenvalue weighted by molar-refractivity contribution is 5.24. The van der Waals surface area contributed by atoms with Crippen molar-refractivity contribution in [3.05, 3.63) is 58.5 Å². The van der Waals surface area contributed by atoms with Crippen LogP contribution in [-0.2, 0) is 6.54 Å². The quantitative estimate of drug-likeness (QED) is 0.903. The standard InChI is InChI=1S/C15H17F2NO/c1-9-6-14(11(3)19-9)10(2)18-8-12-4-5-13(16)7-15(12)17/h4-7,10,18H,8H2,1-3H3. The van der Waals surface area contributed by atoms with Crippen LogP contribution < -0.4 is 5.32 Å². The van der Waals surface area contributed by atoms with E-state index in [0.717, 1.165) is 23.2 Å². The van der Waals surface area contributed by atoms with Gasteiger partial charge >= 0.3 is 0 Å². The molecule has 0 bridgehead atoms. The molecule has 1 unspecified atom stereocenters. The van der Waals surface area contributed by atoms with Gasteiger partial charge < -0.3 is 9.73 Å². The normalized spacial score (nSPS) is 12.7. The highest BCUT2D eigenvalue weighted by Gasteiger charge is 2.13. The van der Waals surface area contributed by atoms with Gasteiger partial charge in [0.15, 0.2) is 0 Å². The van der Waals surface area contributed by atoms with E-state index < -0.39 is 11.6 Å². The molecule has 0 saturated carbocycles. The first-order chi connectivity index (χ1) is 8.97. The van der Waals surface area contributed by atoms with E-state index >= 15 is 0 Å². The Morgan fingerprint density at radius 2 is 1.95 bits per heavy atom. The molecule has 0 radical (unpaired) electrons. The monoisotopic (exact) mass is 265 g/mol. The van der Waals surface area contributed by atoms with E-state index in [0.29, 0.717) is 12.1 Å². The minimum atomic E-state index is -0.560. The zero-order chi connectivity index (χ0) is 14.0. The summed E-state index contributed by atoms with van der Waals surface area (Å²) in [6, 6.07) is 5.63. The maximum atomic E-state index is 13.5. The molecule has 102 valence electrons. The molecule has 0 aliphatic heterocycles. The van der Waals surface area contributed by atoms with Gasteiger partial charge in [0.2, 0.25) is 0 Å². The number of rotatable bonds is 4. The van der Waals surface area contributed by atoms with Crippen molar-refractivity contribution in [3.8, 4) is 0 Å². The Bertz CT molecular complexity index is 578. The Morgan fingerprint density at radius 1 is 1.21 bits per heavy atom. The van der Waals surface area contributed by atoms with E-state index in [2.05, 4.69) is 5.32 Å². The Kier molecular flexibility index (Phi) is 4.00. The summed E-state index contributed by atoms with van der Waals surface area (Å²) in [5, 5.41) is 3.21. The highest BCUT2D eigenvalue weighted by atomic mass is 19.1. The van der Waals surface area contributed by atoms with E-state index in [9.17, 15) is 8.78 Å². The maximum absolute atomic E-state index is 13.5. The molecule has 2 nitrogen and oxygen atoms in total. The fourth-order valence-corrected chi connectivity index (χ4v) is 2.12. The van der Waals surface area contributed by atoms with Gasteiger partial charge in [-0.25, -0.2) is 8.78 Å². The van der Waals surface area contributed by atoms with Crippen molar-refractivity contribution in [1.82, 2.24) is 5.32 Å². The van der Waals surface area contributed by atoms with Crippen LogP contribution in [0.3, 0.4) is 0 Å². The van der Waals surface area contributed by atoms with Crippen LogP contribution in [0.25, 0.3) is 0 Å². The number of hydrogen-bond acceptors (Lipinski definition) is 2. The Hall–Kier alpha value is -1.68. The molecule has 1 atom stereocenters. The topological polar surface area (TPSA) is 25.2 Å². The highest BCUT2D eigenvalue weighted by Crippen LogP contribution is 2.21. The molecule has 1 N–H and O–H groups in total. The summed E-state index contributed by atoms with van der Waals surface area (Å²) in [5.41, 5.74) is 1.51. The molecule has 0 amide bonds. The van der Waals surface area contributed by atoms with Gasteiger partial charge in [-0.15, -0.1) is 0 Å². The molecule has 2 aromatic rings. The van der Waals surface area contributed by atoms with Gasteiger partial charge in [0.1, 0.15) is 23.2 Å². The second-order valence-electron chi connectivity index (χ2n) is 4.71. The first-order valence-electron chi connectivity index (χ1n) is 6.21. The number of aryl methyl sites for hydroxylation is 2. The van der Waals surface area contributed by atoms with Gasteiger partial charge in [-0.1, -0.05) is 6.07 Å². The van der Waals surface area contributed by atoms with Crippen molar-refractivity contribution in [3.63, 3.8) is 0 Å². The lowest BCUT2D eigenvalue weighted by molar-refractivity contribution is 0.487. The lowest BCUT2D eigenvalue weighted by Crippen LogP contribution is -2.19. The van der Waals surface area contributed by atoms with E-state index in [1.165, 1.54) is 12.1 Å². The third kappa shape index (κ3) is 3.20. The molecule has 0 saturated heterocycles. The molecule has 19 heavy (non-hydrogen) atoms. The van der Waals surface area contributed by atoms with Crippen molar-refractivity contribution in [2.45, 2.75) is 33.4 Å². The molecule has 2 rings (SSSR count). The van der Waals surface area contributed by atoms with Crippen LogP contribution in [0.2, 0.25) is 0 Å². The van der Waals surface area contributed by atoms with E-state index in [1.807, 2.05) is 26.8 Å². The van der Waals surface area contributed by atoms with E-state index in [-0.39, 0.29) is 6.04 Å². The van der Waals surface area contributed by atoms with Crippen LogP contribution in [0.4, 0.5) is 8.78 Å². The average molecular weight is 265 g/mol. The fraction of sp³-hybridized carbons (Fsp3) is 0.333. The van der Waals surface area contributed by atoms with Gasteiger partial charge in [0, 0.05) is 29.8 Å². The average Bonchev–Trinajstić information content (AvgIpc) is 2.67. The van der Waals surface area contributed by atoms with Crippen LogP contribution in [0, 0.1) is 25.5 Å². The van der Waals surface area contributed by atoms with Crippen molar-refractivity contribution >= 4 is 0 Å². The number of furan rings is 1. The Balaban J connectivity index is 2.04. The van der Waals surface area contributed by atoms with Gasteiger partial charge in [0.25, 0.3) is 0 Å². The lowest BCUT2D eigenvalue weighted by Gasteiger charge is -2.13. The van der Waals surface area contributed by atoms with E-state index in [1.54, 1.807) is 0 Å². The Morgan fingerprint density at radius 3 is 2.53 bits per heavy atom. The molecule has 0 fully saturated rings. The third-order valence-electron chi connectivity index (χ3n) is 3.16. The molecule has 0 aliphatic carbocycles. The molecule has 1 aromatic heterocycles. The van der Waals surface area contributed by atoms with Crippen molar-refractivity contribution in [1.29, 1.82) is 0 Å². The molecule has 4 heteroatoms. The van der Waals surface area contributed by atoms with Gasteiger partial charge in [-0.3, -0.25) is 0 Å². The molecule has 1 aromatic carbocycles. The summed E-state index contributed by atoms with van der Waals surface area (Å²) in [6.45, 7) is 6.12. The third-order valence-corrected chi connectivity index (χ3v) is 3.16. The van der Waals surface area contributed by atoms with Crippen LogP contribution in [0.15, 0.2) is 28.7 Å². The van der Waals surface area contributed by atoms with Crippen LogP contribution in [0.5, 0.6) is 0 Å². The van der Waals surface area contributed by atoms with Crippen LogP contribution in [-0.4, -0.2) is 0 Å². The summed E-state index contributed by atoms with van der Waals surface area (Å²) < 4.78 is 31.7.